The third-order valence-corrected chi connectivity index (χ3v) is 11.4. The van der Waals surface area contributed by atoms with Gasteiger partial charge < -0.3 is 0 Å². The van der Waals surface area contributed by atoms with Gasteiger partial charge in [0.2, 0.25) is 0 Å². The van der Waals surface area contributed by atoms with E-state index in [0.717, 1.165) is 0 Å². The number of hydrogen-bond donors (Lipinski definition) is 0. The van der Waals surface area contributed by atoms with Gasteiger partial charge in [0.05, 0.1) is 0 Å². The molecule has 54 heavy (non-hydrogen) atoms. The molecule has 0 atom stereocenters. The highest BCUT2D eigenvalue weighted by atomic mass is 14.2. The Balaban J connectivity index is 1.01. The van der Waals surface area contributed by atoms with E-state index in [1.165, 1.54) is 109 Å². The first-order chi connectivity index (χ1) is 26.8. The zero-order valence-electron chi connectivity index (χ0n) is 29.6. The van der Waals surface area contributed by atoms with E-state index >= 15 is 0 Å². The van der Waals surface area contributed by atoms with Crippen molar-refractivity contribution in [3.05, 3.63) is 206 Å². The van der Waals surface area contributed by atoms with Crippen LogP contribution < -0.4 is 0 Å². The Morgan fingerprint density at radius 1 is 0.204 bits per heavy atom. The van der Waals surface area contributed by atoms with Gasteiger partial charge in [-0.25, -0.2) is 0 Å². The summed E-state index contributed by atoms with van der Waals surface area (Å²) in [7, 11) is 0. The van der Waals surface area contributed by atoms with Crippen molar-refractivity contribution in [2.45, 2.75) is 0 Å². The van der Waals surface area contributed by atoms with Gasteiger partial charge in [0, 0.05) is 0 Å². The summed E-state index contributed by atoms with van der Waals surface area (Å²) >= 11 is 0. The first-order valence-corrected chi connectivity index (χ1v) is 18.8. The van der Waals surface area contributed by atoms with Crippen LogP contribution in [0.5, 0.6) is 0 Å². The first kappa shape index (κ1) is 30.6. The van der Waals surface area contributed by atoms with Crippen LogP contribution in [0.15, 0.2) is 206 Å². The smallest absolute Gasteiger partial charge is 0.00206 e. The largest absolute Gasteiger partial charge is 0.0622 e. The molecule has 0 aliphatic carbocycles. The lowest BCUT2D eigenvalue weighted by Gasteiger charge is -2.19. The normalized spacial score (nSPS) is 11.7. The van der Waals surface area contributed by atoms with Gasteiger partial charge in [0.15, 0.2) is 0 Å². The van der Waals surface area contributed by atoms with Gasteiger partial charge in [-0.2, -0.15) is 0 Å². The van der Waals surface area contributed by atoms with E-state index in [9.17, 15) is 0 Å². The molecule has 0 unspecified atom stereocenters. The molecule has 0 aromatic heterocycles. The molecule has 0 saturated heterocycles. The molecule has 0 spiro atoms. The van der Waals surface area contributed by atoms with Gasteiger partial charge >= 0.3 is 0 Å². The van der Waals surface area contributed by atoms with Crippen LogP contribution in [0.4, 0.5) is 0 Å². The molecular weight excluding hydrogens is 649 g/mol. The van der Waals surface area contributed by atoms with E-state index in [2.05, 4.69) is 206 Å². The van der Waals surface area contributed by atoms with Crippen LogP contribution in [0.2, 0.25) is 0 Å². The molecule has 11 rings (SSSR count). The molecule has 11 aromatic rings. The average molecular weight is 683 g/mol. The molecule has 0 amide bonds. The summed E-state index contributed by atoms with van der Waals surface area (Å²) in [5, 5.41) is 13.0. The fourth-order valence-corrected chi connectivity index (χ4v) is 8.87. The average Bonchev–Trinajstić information content (AvgIpc) is 3.25. The van der Waals surface area contributed by atoms with Crippen LogP contribution in [-0.4, -0.2) is 0 Å². The maximum Gasteiger partial charge on any atom is -0.00206 e. The maximum atomic E-state index is 2.39. The van der Waals surface area contributed by atoms with Gasteiger partial charge in [0.1, 0.15) is 0 Å². The highest BCUT2D eigenvalue weighted by molar-refractivity contribution is 6.25. The molecule has 11 aromatic carbocycles. The summed E-state index contributed by atoms with van der Waals surface area (Å²) < 4.78 is 0. The Labute approximate surface area is 314 Å². The van der Waals surface area contributed by atoms with Crippen LogP contribution in [0.25, 0.3) is 109 Å². The third-order valence-electron chi connectivity index (χ3n) is 11.4. The minimum Gasteiger partial charge on any atom is -0.0622 e. The quantitative estimate of drug-likeness (QED) is 0.125. The van der Waals surface area contributed by atoms with Crippen LogP contribution in [-0.2, 0) is 0 Å². The lowest BCUT2D eigenvalue weighted by Crippen LogP contribution is -1.92. The van der Waals surface area contributed by atoms with E-state index in [1.807, 2.05) is 0 Å². The number of rotatable bonds is 5. The van der Waals surface area contributed by atoms with Crippen molar-refractivity contribution in [3.8, 4) is 55.6 Å². The Bertz CT molecular complexity index is 3140. The number of fused-ring (bicyclic) bond motifs is 2. The lowest BCUT2D eigenvalue weighted by molar-refractivity contribution is 1.60. The Kier molecular flexibility index (Phi) is 6.97. The lowest BCUT2D eigenvalue weighted by atomic mass is 9.84. The summed E-state index contributed by atoms with van der Waals surface area (Å²) in [5.41, 5.74) is 12.4. The Morgan fingerprint density at radius 3 is 1.30 bits per heavy atom. The minimum atomic E-state index is 1.21. The standard InChI is InChI=1S/C54H34/c1-3-10-35(11-4-1)44-30-33-49-50(34-44)53(39-12-5-2-6-13-39)47-17-8-7-16-46(47)52(49)42-24-20-37(21-25-42)36-18-22-38(23-19-36)45-31-28-43-27-26-40-14-9-15-41-29-32-48(45)54(43)51(40)41/h1-34H. The second-order valence-corrected chi connectivity index (χ2v) is 14.4. The molecule has 0 aliphatic heterocycles. The predicted octanol–water partition coefficient (Wildman–Crippen LogP) is 15.2. The highest BCUT2D eigenvalue weighted by Gasteiger charge is 2.18. The summed E-state index contributed by atoms with van der Waals surface area (Å²) in [4.78, 5) is 0. The van der Waals surface area contributed by atoms with Crippen LogP contribution in [0.3, 0.4) is 0 Å². The molecule has 0 nitrogen and oxygen atoms in total. The second kappa shape index (κ2) is 12.3. The van der Waals surface area contributed by atoms with Crippen molar-refractivity contribution in [2.75, 3.05) is 0 Å². The molecule has 0 heteroatoms. The zero-order chi connectivity index (χ0) is 35.6. The van der Waals surface area contributed by atoms with Crippen molar-refractivity contribution in [1.82, 2.24) is 0 Å². The third kappa shape index (κ3) is 4.85. The SMILES string of the molecule is c1ccc(-c2ccc3c(-c4ccc(-c5ccc(-c6ccc7ccc8cccc9ccc6c7c89)cc5)cc4)c4ccccc4c(-c4ccccc4)c3c2)cc1. The molecule has 0 aliphatic rings. The van der Waals surface area contributed by atoms with Crippen molar-refractivity contribution in [2.24, 2.45) is 0 Å². The van der Waals surface area contributed by atoms with E-state index in [0.29, 0.717) is 0 Å². The highest BCUT2D eigenvalue weighted by Crippen LogP contribution is 2.45. The molecule has 0 heterocycles. The van der Waals surface area contributed by atoms with E-state index in [-0.39, 0.29) is 0 Å². The summed E-state index contributed by atoms with van der Waals surface area (Å²) in [6.07, 6.45) is 0. The molecule has 0 N–H and O–H groups in total. The second-order valence-electron chi connectivity index (χ2n) is 14.4. The molecule has 250 valence electrons. The van der Waals surface area contributed by atoms with Crippen molar-refractivity contribution < 1.29 is 0 Å². The summed E-state index contributed by atoms with van der Waals surface area (Å²) in [5.74, 6) is 0. The molecule has 0 radical (unpaired) electrons. The van der Waals surface area contributed by atoms with Crippen LogP contribution >= 0.6 is 0 Å². The minimum absolute atomic E-state index is 1.21. The van der Waals surface area contributed by atoms with Crippen LogP contribution in [0.1, 0.15) is 0 Å². The van der Waals surface area contributed by atoms with Gasteiger partial charge in [-0.05, 0) is 116 Å². The maximum absolute atomic E-state index is 2.39. The summed E-state index contributed by atoms with van der Waals surface area (Å²) in [6.45, 7) is 0. The van der Waals surface area contributed by atoms with E-state index < -0.39 is 0 Å². The Hall–Kier alpha value is -7.02. The van der Waals surface area contributed by atoms with Crippen molar-refractivity contribution in [3.63, 3.8) is 0 Å². The van der Waals surface area contributed by atoms with E-state index in [1.54, 1.807) is 0 Å². The fourth-order valence-electron chi connectivity index (χ4n) is 8.87. The van der Waals surface area contributed by atoms with Gasteiger partial charge in [-0.1, -0.05) is 200 Å². The van der Waals surface area contributed by atoms with Crippen molar-refractivity contribution in [1.29, 1.82) is 0 Å². The van der Waals surface area contributed by atoms with Gasteiger partial charge in [-0.3, -0.25) is 0 Å². The van der Waals surface area contributed by atoms with Gasteiger partial charge in [-0.15, -0.1) is 0 Å². The molecule has 0 saturated carbocycles. The fraction of sp³-hybridized carbons (Fsp3) is 0. The molecule has 0 fully saturated rings. The molecule has 0 bridgehead atoms. The topological polar surface area (TPSA) is 0 Å². The predicted molar refractivity (Wildman–Crippen MR) is 232 cm³/mol. The summed E-state index contributed by atoms with van der Waals surface area (Å²) in [6, 6.07) is 76.0. The number of benzene rings is 11. The molecular formula is C54H34. The Morgan fingerprint density at radius 2 is 0.630 bits per heavy atom. The number of hydrogen-bond acceptors (Lipinski definition) is 0. The van der Waals surface area contributed by atoms with Crippen molar-refractivity contribution >= 4 is 53.9 Å². The van der Waals surface area contributed by atoms with Crippen LogP contribution in [0, 0.1) is 0 Å². The van der Waals surface area contributed by atoms with Gasteiger partial charge in [0.25, 0.3) is 0 Å². The monoisotopic (exact) mass is 682 g/mol. The van der Waals surface area contributed by atoms with E-state index in [4.69, 9.17) is 0 Å². The first-order valence-electron chi connectivity index (χ1n) is 18.8. The zero-order valence-corrected chi connectivity index (χ0v) is 29.6.